The molecule has 0 aromatic heterocycles. The second-order valence-corrected chi connectivity index (χ2v) is 9.68. The molecule has 1 atom stereocenters. The van der Waals surface area contributed by atoms with E-state index in [1.165, 1.54) is 0 Å². The van der Waals surface area contributed by atoms with Crippen molar-refractivity contribution < 1.29 is 18.3 Å². The van der Waals surface area contributed by atoms with Crippen LogP contribution in [0.1, 0.15) is 51.0 Å². The van der Waals surface area contributed by atoms with Gasteiger partial charge in [0.25, 0.3) is 0 Å². The predicted octanol–water partition coefficient (Wildman–Crippen LogP) is 2.07. The van der Waals surface area contributed by atoms with Gasteiger partial charge in [-0.1, -0.05) is 19.1 Å². The topological polar surface area (TPSA) is 86.7 Å². The highest BCUT2D eigenvalue weighted by molar-refractivity contribution is 7.89. The molecule has 0 bridgehead atoms. The highest BCUT2D eigenvalue weighted by Crippen LogP contribution is 2.33. The number of nitrogens with one attached hydrogen (secondary N) is 1. The molecule has 27 heavy (non-hydrogen) atoms. The van der Waals surface area contributed by atoms with Crippen LogP contribution in [0.5, 0.6) is 0 Å². The summed E-state index contributed by atoms with van der Waals surface area (Å²) in [5, 5.41) is 9.71. The molecule has 1 unspecified atom stereocenters. The van der Waals surface area contributed by atoms with Crippen molar-refractivity contribution >= 4 is 15.9 Å². The van der Waals surface area contributed by atoms with Gasteiger partial charge in [0.05, 0.1) is 11.5 Å². The van der Waals surface area contributed by atoms with Gasteiger partial charge in [-0.3, -0.25) is 4.79 Å². The summed E-state index contributed by atoms with van der Waals surface area (Å²) in [5.74, 6) is 0.105. The third-order valence-corrected chi connectivity index (χ3v) is 7.40. The molecule has 1 aromatic carbocycles. The summed E-state index contributed by atoms with van der Waals surface area (Å²) < 4.78 is 27.1. The molecule has 1 saturated heterocycles. The Morgan fingerprint density at radius 1 is 1.30 bits per heavy atom. The Bertz CT molecular complexity index is 753. The molecule has 3 rings (SSSR count). The lowest BCUT2D eigenvalue weighted by atomic mass is 9.78. The fraction of sp³-hybridized carbons (Fsp3) is 0.650. The van der Waals surface area contributed by atoms with E-state index in [4.69, 9.17) is 0 Å². The van der Waals surface area contributed by atoms with Crippen molar-refractivity contribution in [3.05, 3.63) is 29.8 Å². The lowest BCUT2D eigenvalue weighted by Gasteiger charge is -2.41. The number of aliphatic hydroxyl groups excluding tert-OH is 1. The predicted molar refractivity (Wildman–Crippen MR) is 104 cm³/mol. The summed E-state index contributed by atoms with van der Waals surface area (Å²) in [6.45, 7) is 3.57. The number of piperidine rings is 1. The molecule has 150 valence electrons. The minimum atomic E-state index is -3.43. The standard InChI is InChI=1S/C20H30N2O4S/c1-2-20(15-23)12-3-13-22(14-20)19(24)11-6-16-4-9-18(10-5-16)27(25,26)21-17-7-8-17/h4-5,9-10,17,21,23H,2-3,6-8,11-15H2,1H3. The van der Waals surface area contributed by atoms with Crippen LogP contribution in [-0.4, -0.2) is 50.1 Å². The van der Waals surface area contributed by atoms with Gasteiger partial charge in [-0.05, 0) is 56.2 Å². The van der Waals surface area contributed by atoms with Crippen molar-refractivity contribution in [1.29, 1.82) is 0 Å². The number of sulfonamides is 1. The number of hydrogen-bond donors (Lipinski definition) is 2. The highest BCUT2D eigenvalue weighted by Gasteiger charge is 2.35. The Morgan fingerprint density at radius 3 is 2.59 bits per heavy atom. The SMILES string of the molecule is CCC1(CO)CCCN(C(=O)CCc2ccc(S(=O)(=O)NC3CC3)cc2)C1. The number of aryl methyl sites for hydroxylation is 1. The lowest BCUT2D eigenvalue weighted by Crippen LogP contribution is -2.47. The van der Waals surface area contributed by atoms with Crippen LogP contribution in [-0.2, 0) is 21.2 Å². The molecule has 1 heterocycles. The highest BCUT2D eigenvalue weighted by atomic mass is 32.2. The van der Waals surface area contributed by atoms with E-state index in [-0.39, 0.29) is 28.9 Å². The van der Waals surface area contributed by atoms with Gasteiger partial charge in [-0.25, -0.2) is 13.1 Å². The first-order chi connectivity index (χ1) is 12.9. The number of hydrogen-bond acceptors (Lipinski definition) is 4. The van der Waals surface area contributed by atoms with E-state index in [0.29, 0.717) is 19.4 Å². The number of aliphatic hydroxyl groups is 1. The van der Waals surface area contributed by atoms with Crippen molar-refractivity contribution in [2.75, 3.05) is 19.7 Å². The second-order valence-electron chi connectivity index (χ2n) is 7.97. The fourth-order valence-corrected chi connectivity index (χ4v) is 4.99. The average molecular weight is 395 g/mol. The molecule has 7 heteroatoms. The maximum Gasteiger partial charge on any atom is 0.240 e. The molecule has 1 aliphatic heterocycles. The van der Waals surface area contributed by atoms with E-state index in [0.717, 1.165) is 44.2 Å². The van der Waals surface area contributed by atoms with Gasteiger partial charge in [0, 0.05) is 31.0 Å². The molecule has 2 N–H and O–H groups in total. The lowest BCUT2D eigenvalue weighted by molar-refractivity contribution is -0.135. The number of carbonyl (C=O) groups excluding carboxylic acids is 1. The van der Waals surface area contributed by atoms with Crippen LogP contribution in [0.25, 0.3) is 0 Å². The molecule has 1 aliphatic carbocycles. The van der Waals surface area contributed by atoms with E-state index >= 15 is 0 Å². The van der Waals surface area contributed by atoms with Crippen LogP contribution in [0.15, 0.2) is 29.2 Å². The summed E-state index contributed by atoms with van der Waals surface area (Å²) in [7, 11) is -3.43. The maximum absolute atomic E-state index is 12.6. The molecule has 1 saturated carbocycles. The minimum Gasteiger partial charge on any atom is -0.396 e. The zero-order chi connectivity index (χ0) is 19.5. The second kappa shape index (κ2) is 8.29. The van der Waals surface area contributed by atoms with Crippen LogP contribution < -0.4 is 4.72 Å². The van der Waals surface area contributed by atoms with Gasteiger partial charge in [0.1, 0.15) is 0 Å². The Hall–Kier alpha value is -1.44. The van der Waals surface area contributed by atoms with Gasteiger partial charge >= 0.3 is 0 Å². The van der Waals surface area contributed by atoms with Crippen molar-refractivity contribution in [3.8, 4) is 0 Å². The van der Waals surface area contributed by atoms with Crippen LogP contribution in [0, 0.1) is 5.41 Å². The Labute approximate surface area is 162 Å². The summed E-state index contributed by atoms with van der Waals surface area (Å²) in [6.07, 6.45) is 5.58. The van der Waals surface area contributed by atoms with Crippen LogP contribution in [0.4, 0.5) is 0 Å². The first-order valence-corrected chi connectivity index (χ1v) is 11.4. The Morgan fingerprint density at radius 2 is 2.00 bits per heavy atom. The number of benzene rings is 1. The molecular weight excluding hydrogens is 364 g/mol. The third-order valence-electron chi connectivity index (χ3n) is 5.86. The molecule has 1 amide bonds. The van der Waals surface area contributed by atoms with Crippen LogP contribution in [0.2, 0.25) is 0 Å². The van der Waals surface area contributed by atoms with Gasteiger partial charge in [-0.15, -0.1) is 0 Å². The Kier molecular flexibility index (Phi) is 6.23. The zero-order valence-electron chi connectivity index (χ0n) is 16.0. The van der Waals surface area contributed by atoms with Gasteiger partial charge in [-0.2, -0.15) is 0 Å². The monoisotopic (exact) mass is 394 g/mol. The normalized spacial score (nSPS) is 23.4. The quantitative estimate of drug-likeness (QED) is 0.707. The first-order valence-electron chi connectivity index (χ1n) is 9.87. The number of carbonyl (C=O) groups is 1. The number of nitrogens with zero attached hydrogens (tertiary/aromatic N) is 1. The minimum absolute atomic E-state index is 0.0889. The van der Waals surface area contributed by atoms with Crippen molar-refractivity contribution in [3.63, 3.8) is 0 Å². The molecule has 2 fully saturated rings. The third kappa shape index (κ3) is 5.09. The van der Waals surface area contributed by atoms with Crippen LogP contribution in [0.3, 0.4) is 0 Å². The average Bonchev–Trinajstić information content (AvgIpc) is 3.49. The largest absolute Gasteiger partial charge is 0.396 e. The summed E-state index contributed by atoms with van der Waals surface area (Å²) >= 11 is 0. The summed E-state index contributed by atoms with van der Waals surface area (Å²) in [4.78, 5) is 14.7. The summed E-state index contributed by atoms with van der Waals surface area (Å²) in [6, 6.07) is 6.88. The van der Waals surface area contributed by atoms with Crippen molar-refractivity contribution in [2.24, 2.45) is 5.41 Å². The molecule has 2 aliphatic rings. The van der Waals surface area contributed by atoms with E-state index in [1.54, 1.807) is 24.3 Å². The molecule has 0 radical (unpaired) electrons. The number of rotatable bonds is 8. The number of likely N-dealkylation sites (tertiary alicyclic amines) is 1. The smallest absolute Gasteiger partial charge is 0.240 e. The molecule has 1 aromatic rings. The van der Waals surface area contributed by atoms with E-state index in [2.05, 4.69) is 11.6 Å². The Balaban J connectivity index is 1.54. The molecule has 0 spiro atoms. The van der Waals surface area contributed by atoms with Crippen molar-refractivity contribution in [1.82, 2.24) is 9.62 Å². The maximum atomic E-state index is 12.6. The van der Waals surface area contributed by atoms with Crippen molar-refractivity contribution in [2.45, 2.75) is 62.8 Å². The van der Waals surface area contributed by atoms with Gasteiger partial charge < -0.3 is 10.0 Å². The van der Waals surface area contributed by atoms with E-state index in [1.807, 2.05) is 4.90 Å². The molecular formula is C20H30N2O4S. The van der Waals surface area contributed by atoms with Gasteiger partial charge in [0.2, 0.25) is 15.9 Å². The van der Waals surface area contributed by atoms with Crippen LogP contribution >= 0.6 is 0 Å². The first kappa shape index (κ1) is 20.3. The van der Waals surface area contributed by atoms with E-state index < -0.39 is 10.0 Å². The zero-order valence-corrected chi connectivity index (χ0v) is 16.8. The summed E-state index contributed by atoms with van der Waals surface area (Å²) in [5.41, 5.74) is 0.799. The molecule has 6 nitrogen and oxygen atoms in total. The number of amides is 1. The fourth-order valence-electron chi connectivity index (χ4n) is 3.68. The van der Waals surface area contributed by atoms with E-state index in [9.17, 15) is 18.3 Å². The van der Waals surface area contributed by atoms with Gasteiger partial charge in [0.15, 0.2) is 0 Å².